The summed E-state index contributed by atoms with van der Waals surface area (Å²) < 4.78 is 38.6. The first kappa shape index (κ1) is 21.3. The zero-order chi connectivity index (χ0) is 24.2. The van der Waals surface area contributed by atoms with E-state index in [2.05, 4.69) is 9.97 Å². The second kappa shape index (κ2) is 7.92. The number of oxazole rings is 2. The molecule has 0 atom stereocenters. The molecule has 0 radical (unpaired) electrons. The van der Waals surface area contributed by atoms with Gasteiger partial charge in [-0.3, -0.25) is 0 Å². The predicted molar refractivity (Wildman–Crippen MR) is 134 cm³/mol. The summed E-state index contributed by atoms with van der Waals surface area (Å²) in [5, 5.41) is 0. The van der Waals surface area contributed by atoms with E-state index in [0.29, 0.717) is 34.0 Å². The Bertz CT molecular complexity index is 1680. The quantitative estimate of drug-likeness (QED) is 0.277. The van der Waals surface area contributed by atoms with Crippen LogP contribution in [0.5, 0.6) is 0 Å². The minimum absolute atomic E-state index is 0.135. The monoisotopic (exact) mass is 480 g/mol. The fraction of sp³-hybridized carbons (Fsp3) is 0.0714. The molecule has 2 heterocycles. The molecule has 0 fully saturated rings. The molecule has 6 nitrogen and oxygen atoms in total. The van der Waals surface area contributed by atoms with E-state index < -0.39 is 9.84 Å². The van der Waals surface area contributed by atoms with Crippen LogP contribution in [0.4, 0.5) is 0 Å². The molecule has 6 aromatic rings. The van der Waals surface area contributed by atoms with Gasteiger partial charge in [0.05, 0.1) is 9.79 Å². The molecule has 6 rings (SSSR count). The van der Waals surface area contributed by atoms with E-state index in [1.165, 1.54) is 24.3 Å². The van der Waals surface area contributed by atoms with Gasteiger partial charge in [-0.05, 0) is 74.5 Å². The topological polar surface area (TPSA) is 86.2 Å². The summed E-state index contributed by atoms with van der Waals surface area (Å²) in [6.45, 7) is 4.01. The molecule has 0 saturated heterocycles. The van der Waals surface area contributed by atoms with E-state index in [1.54, 1.807) is 12.1 Å². The fourth-order valence-electron chi connectivity index (χ4n) is 3.92. The van der Waals surface area contributed by atoms with Crippen molar-refractivity contribution >= 4 is 32.0 Å². The van der Waals surface area contributed by atoms with Crippen molar-refractivity contribution < 1.29 is 17.3 Å². The molecule has 35 heavy (non-hydrogen) atoms. The molecule has 0 unspecified atom stereocenters. The Hall–Kier alpha value is -4.23. The van der Waals surface area contributed by atoms with E-state index in [-0.39, 0.29) is 9.79 Å². The molecular formula is C28H20N2O4S. The Morgan fingerprint density at radius 1 is 0.571 bits per heavy atom. The molecule has 0 spiro atoms. The highest BCUT2D eigenvalue weighted by molar-refractivity contribution is 7.91. The summed E-state index contributed by atoms with van der Waals surface area (Å²) in [6.07, 6.45) is 0. The van der Waals surface area contributed by atoms with Gasteiger partial charge in [0.15, 0.2) is 11.2 Å². The van der Waals surface area contributed by atoms with E-state index >= 15 is 0 Å². The number of sulfone groups is 1. The second-order valence-electron chi connectivity index (χ2n) is 8.53. The maximum Gasteiger partial charge on any atom is 0.227 e. The molecule has 4 aromatic carbocycles. The maximum atomic E-state index is 13.4. The highest BCUT2D eigenvalue weighted by Gasteiger charge is 2.21. The number of hydrogen-bond acceptors (Lipinski definition) is 6. The maximum absolute atomic E-state index is 13.4. The van der Waals surface area contributed by atoms with Gasteiger partial charge in [-0.2, -0.15) is 0 Å². The van der Waals surface area contributed by atoms with Gasteiger partial charge in [-0.25, -0.2) is 18.4 Å². The van der Waals surface area contributed by atoms with Gasteiger partial charge in [0.1, 0.15) is 11.0 Å². The van der Waals surface area contributed by atoms with Crippen LogP contribution >= 0.6 is 0 Å². The van der Waals surface area contributed by atoms with Crippen LogP contribution in [-0.2, 0) is 9.84 Å². The predicted octanol–water partition coefficient (Wildman–Crippen LogP) is 6.75. The lowest BCUT2D eigenvalue weighted by Gasteiger charge is -2.04. The summed E-state index contributed by atoms with van der Waals surface area (Å²) in [5.41, 5.74) is 5.93. The molecular weight excluding hydrogens is 460 g/mol. The van der Waals surface area contributed by atoms with Crippen molar-refractivity contribution in [1.82, 2.24) is 9.97 Å². The summed E-state index contributed by atoms with van der Waals surface area (Å²) in [6, 6.07) is 25.0. The molecule has 0 aliphatic rings. The third-order valence-corrected chi connectivity index (χ3v) is 7.68. The molecule has 0 amide bonds. The van der Waals surface area contributed by atoms with Gasteiger partial charge in [0, 0.05) is 11.1 Å². The van der Waals surface area contributed by atoms with Crippen molar-refractivity contribution in [1.29, 1.82) is 0 Å². The van der Waals surface area contributed by atoms with Gasteiger partial charge in [0.2, 0.25) is 21.6 Å². The van der Waals surface area contributed by atoms with Gasteiger partial charge < -0.3 is 8.83 Å². The number of hydrogen-bond donors (Lipinski definition) is 0. The summed E-state index contributed by atoms with van der Waals surface area (Å²) in [5.74, 6) is 0.893. The number of benzene rings is 4. The van der Waals surface area contributed by atoms with Crippen molar-refractivity contribution in [3.05, 3.63) is 96.1 Å². The number of aromatic nitrogens is 2. The van der Waals surface area contributed by atoms with E-state index in [1.807, 2.05) is 62.4 Å². The lowest BCUT2D eigenvalue weighted by Crippen LogP contribution is -2.01. The average molecular weight is 481 g/mol. The molecule has 0 bridgehead atoms. The van der Waals surface area contributed by atoms with Crippen LogP contribution in [0.3, 0.4) is 0 Å². The lowest BCUT2D eigenvalue weighted by atomic mass is 10.1. The van der Waals surface area contributed by atoms with Crippen LogP contribution in [0.1, 0.15) is 11.1 Å². The fourth-order valence-corrected chi connectivity index (χ4v) is 5.22. The van der Waals surface area contributed by atoms with Gasteiger partial charge in [-0.1, -0.05) is 35.4 Å². The highest BCUT2D eigenvalue weighted by Crippen LogP contribution is 2.31. The van der Waals surface area contributed by atoms with Crippen molar-refractivity contribution in [3.63, 3.8) is 0 Å². The van der Waals surface area contributed by atoms with Crippen LogP contribution < -0.4 is 0 Å². The first-order valence-electron chi connectivity index (χ1n) is 11.1. The minimum Gasteiger partial charge on any atom is -0.436 e. The second-order valence-corrected chi connectivity index (χ2v) is 10.5. The Balaban J connectivity index is 1.37. The summed E-state index contributed by atoms with van der Waals surface area (Å²) in [4.78, 5) is 9.30. The van der Waals surface area contributed by atoms with Crippen LogP contribution in [0, 0.1) is 13.8 Å². The number of rotatable bonds is 4. The van der Waals surface area contributed by atoms with Crippen molar-refractivity contribution in [2.75, 3.05) is 0 Å². The molecule has 0 saturated carbocycles. The van der Waals surface area contributed by atoms with E-state index in [0.717, 1.165) is 22.3 Å². The molecule has 0 aliphatic heterocycles. The third-order valence-electron chi connectivity index (χ3n) is 5.94. The first-order valence-corrected chi connectivity index (χ1v) is 12.6. The molecule has 172 valence electrons. The van der Waals surface area contributed by atoms with Crippen LogP contribution in [0.25, 0.3) is 45.1 Å². The first-order chi connectivity index (χ1) is 16.9. The Labute approximate surface area is 201 Å². The Kier molecular flexibility index (Phi) is 4.82. The Morgan fingerprint density at radius 3 is 1.37 bits per heavy atom. The normalized spacial score (nSPS) is 11.9. The van der Waals surface area contributed by atoms with Gasteiger partial charge >= 0.3 is 0 Å². The average Bonchev–Trinajstić information content (AvgIpc) is 3.48. The highest BCUT2D eigenvalue weighted by atomic mass is 32.2. The minimum atomic E-state index is -3.81. The third kappa shape index (κ3) is 3.80. The summed E-state index contributed by atoms with van der Waals surface area (Å²) in [7, 11) is -3.81. The van der Waals surface area contributed by atoms with Crippen molar-refractivity contribution in [3.8, 4) is 22.9 Å². The van der Waals surface area contributed by atoms with Crippen molar-refractivity contribution in [2.24, 2.45) is 0 Å². The van der Waals surface area contributed by atoms with Gasteiger partial charge in [0.25, 0.3) is 0 Å². The molecule has 7 heteroatoms. The lowest BCUT2D eigenvalue weighted by molar-refractivity contribution is 0.596. The number of aryl methyl sites for hydroxylation is 2. The molecule has 0 N–H and O–H groups in total. The SMILES string of the molecule is Cc1ccc(-c2nc3cc(S(=O)(=O)c4ccc5oc(-c6ccc(C)cc6)nc5c4)ccc3o2)cc1. The summed E-state index contributed by atoms with van der Waals surface area (Å²) >= 11 is 0. The number of nitrogens with zero attached hydrogens (tertiary/aromatic N) is 2. The largest absolute Gasteiger partial charge is 0.436 e. The van der Waals surface area contributed by atoms with E-state index in [4.69, 9.17) is 8.83 Å². The standard InChI is InChI=1S/C28H20N2O4S/c1-17-3-7-19(8-4-17)27-29-23-15-21(11-13-25(23)33-27)35(31,32)22-12-14-26-24(16-22)30-28(34-26)20-9-5-18(2)6-10-20/h3-16H,1-2H3. The molecule has 2 aromatic heterocycles. The molecule has 0 aliphatic carbocycles. The van der Waals surface area contributed by atoms with E-state index in [9.17, 15) is 8.42 Å². The van der Waals surface area contributed by atoms with Gasteiger partial charge in [-0.15, -0.1) is 0 Å². The van der Waals surface area contributed by atoms with Crippen LogP contribution in [0.2, 0.25) is 0 Å². The smallest absolute Gasteiger partial charge is 0.227 e. The van der Waals surface area contributed by atoms with Crippen LogP contribution in [0.15, 0.2) is 104 Å². The Morgan fingerprint density at radius 2 is 0.971 bits per heavy atom. The number of fused-ring (bicyclic) bond motifs is 2. The zero-order valence-electron chi connectivity index (χ0n) is 19.0. The van der Waals surface area contributed by atoms with Crippen molar-refractivity contribution in [2.45, 2.75) is 23.6 Å². The van der Waals surface area contributed by atoms with Crippen LogP contribution in [-0.4, -0.2) is 18.4 Å². The zero-order valence-corrected chi connectivity index (χ0v) is 19.8.